The van der Waals surface area contributed by atoms with Crippen molar-refractivity contribution in [2.45, 2.75) is 6.42 Å². The molecule has 25 heavy (non-hydrogen) atoms. The van der Waals surface area contributed by atoms with Crippen LogP contribution in [0.2, 0.25) is 0 Å². The van der Waals surface area contributed by atoms with Crippen molar-refractivity contribution in [2.24, 2.45) is 0 Å². The third kappa shape index (κ3) is 4.69. The highest BCUT2D eigenvalue weighted by Crippen LogP contribution is 2.27. The summed E-state index contributed by atoms with van der Waals surface area (Å²) in [6, 6.07) is 12.1. The number of ether oxygens (including phenoxy) is 1. The van der Waals surface area contributed by atoms with Crippen LogP contribution >= 0.6 is 0 Å². The molecule has 0 aliphatic heterocycles. The molecule has 1 amide bonds. The zero-order valence-corrected chi connectivity index (χ0v) is 14.5. The Balaban J connectivity index is 2.00. The highest BCUT2D eigenvalue weighted by atomic mass is 16.6. The zero-order valence-electron chi connectivity index (χ0n) is 14.5. The van der Waals surface area contributed by atoms with Crippen LogP contribution in [0.25, 0.3) is 0 Å². The van der Waals surface area contributed by atoms with E-state index in [4.69, 9.17) is 4.74 Å². The zero-order chi connectivity index (χ0) is 18.4. The normalized spacial score (nSPS) is 10.2. The summed E-state index contributed by atoms with van der Waals surface area (Å²) in [6.45, 7) is 0.439. The number of benzene rings is 2. The van der Waals surface area contributed by atoms with Crippen molar-refractivity contribution in [2.75, 3.05) is 32.6 Å². The summed E-state index contributed by atoms with van der Waals surface area (Å²) in [6.07, 6.45) is 0.660. The molecule has 7 heteroatoms. The molecule has 0 aliphatic rings. The third-order valence-corrected chi connectivity index (χ3v) is 3.77. The summed E-state index contributed by atoms with van der Waals surface area (Å²) >= 11 is 0. The van der Waals surface area contributed by atoms with Gasteiger partial charge in [0.05, 0.1) is 12.0 Å². The molecule has 2 rings (SSSR count). The van der Waals surface area contributed by atoms with Crippen LogP contribution < -0.4 is 15.0 Å². The number of nitrogens with zero attached hydrogens (tertiary/aromatic N) is 2. The fourth-order valence-electron chi connectivity index (χ4n) is 2.40. The van der Waals surface area contributed by atoms with Crippen LogP contribution in [0.3, 0.4) is 0 Å². The van der Waals surface area contributed by atoms with Gasteiger partial charge in [-0.15, -0.1) is 0 Å². The minimum Gasteiger partial charge on any atom is -0.497 e. The van der Waals surface area contributed by atoms with E-state index < -0.39 is 4.92 Å². The SMILES string of the molecule is COc1ccc(CCNC(=O)c2ccc(N(C)C)c([N+](=O)[O-])c2)cc1. The maximum Gasteiger partial charge on any atom is 0.293 e. The van der Waals surface area contributed by atoms with Crippen molar-refractivity contribution in [1.82, 2.24) is 5.32 Å². The van der Waals surface area contributed by atoms with Gasteiger partial charge in [0, 0.05) is 32.3 Å². The Bertz CT molecular complexity index is 757. The van der Waals surface area contributed by atoms with E-state index in [1.54, 1.807) is 38.2 Å². The van der Waals surface area contributed by atoms with Gasteiger partial charge in [0.25, 0.3) is 11.6 Å². The summed E-state index contributed by atoms with van der Waals surface area (Å²) in [7, 11) is 5.05. The molecule has 2 aromatic carbocycles. The smallest absolute Gasteiger partial charge is 0.293 e. The second kappa shape index (κ2) is 8.14. The maximum atomic E-state index is 12.2. The Kier molecular flexibility index (Phi) is 5.94. The van der Waals surface area contributed by atoms with E-state index in [1.165, 1.54) is 6.07 Å². The van der Waals surface area contributed by atoms with Crippen LogP contribution in [0.5, 0.6) is 5.75 Å². The Labute approximate surface area is 146 Å². The van der Waals surface area contributed by atoms with Crippen LogP contribution in [-0.4, -0.2) is 38.6 Å². The van der Waals surface area contributed by atoms with Crippen molar-refractivity contribution in [3.8, 4) is 5.75 Å². The van der Waals surface area contributed by atoms with Gasteiger partial charge in [-0.3, -0.25) is 14.9 Å². The first-order valence-electron chi connectivity index (χ1n) is 7.79. The Morgan fingerprint density at radius 2 is 1.88 bits per heavy atom. The topological polar surface area (TPSA) is 84.7 Å². The molecule has 132 valence electrons. The van der Waals surface area contributed by atoms with E-state index in [0.717, 1.165) is 11.3 Å². The standard InChI is InChI=1S/C18H21N3O4/c1-20(2)16-9-6-14(12-17(16)21(23)24)18(22)19-11-10-13-4-7-15(25-3)8-5-13/h4-9,12H,10-11H2,1-3H3,(H,19,22). The first kappa shape index (κ1) is 18.3. The lowest BCUT2D eigenvalue weighted by Crippen LogP contribution is -2.26. The Morgan fingerprint density at radius 1 is 1.20 bits per heavy atom. The number of carbonyl (C=O) groups excluding carboxylic acids is 1. The lowest BCUT2D eigenvalue weighted by atomic mass is 10.1. The lowest BCUT2D eigenvalue weighted by molar-refractivity contribution is -0.384. The number of nitrogens with one attached hydrogen (secondary N) is 1. The van der Waals surface area contributed by atoms with Gasteiger partial charge in [-0.2, -0.15) is 0 Å². The van der Waals surface area contributed by atoms with Gasteiger partial charge in [0.2, 0.25) is 0 Å². The molecule has 0 spiro atoms. The Morgan fingerprint density at radius 3 is 2.44 bits per heavy atom. The van der Waals surface area contributed by atoms with Crippen LogP contribution in [-0.2, 0) is 6.42 Å². The van der Waals surface area contributed by atoms with E-state index >= 15 is 0 Å². The number of carbonyl (C=O) groups is 1. The number of nitro groups is 1. The van der Waals surface area contributed by atoms with E-state index in [1.807, 2.05) is 24.3 Å². The quantitative estimate of drug-likeness (QED) is 0.617. The lowest BCUT2D eigenvalue weighted by Gasteiger charge is -2.13. The molecule has 0 aromatic heterocycles. The maximum absolute atomic E-state index is 12.2. The monoisotopic (exact) mass is 343 g/mol. The average molecular weight is 343 g/mol. The van der Waals surface area contributed by atoms with E-state index in [2.05, 4.69) is 5.32 Å². The number of hydrogen-bond acceptors (Lipinski definition) is 5. The van der Waals surface area contributed by atoms with Crippen LogP contribution in [0.1, 0.15) is 15.9 Å². The number of methoxy groups -OCH3 is 1. The predicted molar refractivity (Wildman–Crippen MR) is 96.5 cm³/mol. The van der Waals surface area contributed by atoms with Crippen molar-refractivity contribution in [3.05, 3.63) is 63.7 Å². The van der Waals surface area contributed by atoms with Crippen LogP contribution in [0.15, 0.2) is 42.5 Å². The second-order valence-electron chi connectivity index (χ2n) is 5.71. The molecule has 0 bridgehead atoms. The largest absolute Gasteiger partial charge is 0.497 e. The molecule has 0 heterocycles. The highest BCUT2D eigenvalue weighted by Gasteiger charge is 2.18. The second-order valence-corrected chi connectivity index (χ2v) is 5.71. The summed E-state index contributed by atoms with van der Waals surface area (Å²) in [4.78, 5) is 24.6. The molecular formula is C18H21N3O4. The van der Waals surface area contributed by atoms with Gasteiger partial charge in [0.15, 0.2) is 0 Å². The van der Waals surface area contributed by atoms with Crippen molar-refractivity contribution < 1.29 is 14.5 Å². The van der Waals surface area contributed by atoms with Gasteiger partial charge in [-0.05, 0) is 36.2 Å². The van der Waals surface area contributed by atoms with Crippen LogP contribution in [0, 0.1) is 10.1 Å². The summed E-state index contributed by atoms with van der Waals surface area (Å²) < 4.78 is 5.10. The third-order valence-electron chi connectivity index (χ3n) is 3.77. The van der Waals surface area contributed by atoms with Crippen molar-refractivity contribution >= 4 is 17.3 Å². The molecule has 0 atom stereocenters. The fraction of sp³-hybridized carbons (Fsp3) is 0.278. The first-order chi connectivity index (χ1) is 11.9. The molecule has 0 saturated heterocycles. The van der Waals surface area contributed by atoms with Gasteiger partial charge < -0.3 is 15.0 Å². The van der Waals surface area contributed by atoms with Gasteiger partial charge >= 0.3 is 0 Å². The highest BCUT2D eigenvalue weighted by molar-refractivity contribution is 5.95. The van der Waals surface area contributed by atoms with E-state index in [9.17, 15) is 14.9 Å². The van der Waals surface area contributed by atoms with Gasteiger partial charge in [-0.1, -0.05) is 12.1 Å². The number of anilines is 1. The summed E-state index contributed by atoms with van der Waals surface area (Å²) in [5.41, 5.74) is 1.70. The fourth-order valence-corrected chi connectivity index (χ4v) is 2.40. The molecule has 0 fully saturated rings. The molecule has 0 radical (unpaired) electrons. The summed E-state index contributed by atoms with van der Waals surface area (Å²) in [5.74, 6) is 0.447. The first-order valence-corrected chi connectivity index (χ1v) is 7.79. The van der Waals surface area contributed by atoms with E-state index in [0.29, 0.717) is 18.7 Å². The molecule has 2 aromatic rings. The number of nitro benzene ring substituents is 1. The predicted octanol–water partition coefficient (Wildman–Crippen LogP) is 2.64. The minimum atomic E-state index is -0.483. The minimum absolute atomic E-state index is 0.0900. The van der Waals surface area contributed by atoms with Crippen LogP contribution in [0.4, 0.5) is 11.4 Å². The number of rotatable bonds is 7. The average Bonchev–Trinajstić information content (AvgIpc) is 2.61. The van der Waals surface area contributed by atoms with Gasteiger partial charge in [-0.25, -0.2) is 0 Å². The number of amides is 1. The van der Waals surface area contributed by atoms with Gasteiger partial charge in [0.1, 0.15) is 11.4 Å². The molecule has 7 nitrogen and oxygen atoms in total. The molecule has 0 saturated carbocycles. The molecular weight excluding hydrogens is 322 g/mol. The molecule has 1 N–H and O–H groups in total. The van der Waals surface area contributed by atoms with E-state index in [-0.39, 0.29) is 17.2 Å². The number of hydrogen-bond donors (Lipinski definition) is 1. The van der Waals surface area contributed by atoms with Crippen molar-refractivity contribution in [3.63, 3.8) is 0 Å². The van der Waals surface area contributed by atoms with Crippen molar-refractivity contribution in [1.29, 1.82) is 0 Å². The molecule has 0 unspecified atom stereocenters. The molecule has 0 aliphatic carbocycles. The summed E-state index contributed by atoms with van der Waals surface area (Å²) in [5, 5.41) is 14.0. The Hall–Kier alpha value is -3.09.